The first kappa shape index (κ1) is 15.2. The fourth-order valence-corrected chi connectivity index (χ4v) is 1.21. The van der Waals surface area contributed by atoms with Crippen LogP contribution in [0.1, 0.15) is 22.8 Å². The maximum atomic E-state index is 11.1. The highest BCUT2D eigenvalue weighted by Crippen LogP contribution is 2.23. The molecule has 0 aliphatic carbocycles. The molecule has 0 amide bonds. The van der Waals surface area contributed by atoms with Crippen LogP contribution in [-0.4, -0.2) is 17.0 Å². The van der Waals surface area contributed by atoms with Crippen LogP contribution in [0, 0.1) is 6.92 Å². The first-order valence-corrected chi connectivity index (χ1v) is 5.12. The van der Waals surface area contributed by atoms with E-state index in [1.807, 2.05) is 6.92 Å². The molecular weight excluding hydrogens is 292 g/mol. The van der Waals surface area contributed by atoms with Gasteiger partial charge >= 0.3 is 5.97 Å². The number of benzene rings is 1. The lowest BCUT2D eigenvalue weighted by molar-refractivity contribution is -0.134. The summed E-state index contributed by atoms with van der Waals surface area (Å²) in [5, 5.41) is 7.42. The van der Waals surface area contributed by atoms with E-state index < -0.39 is 11.9 Å². The molecule has 0 heterocycles. The lowest BCUT2D eigenvalue weighted by atomic mass is 10.1. The normalized spacial score (nSPS) is 8.88. The quantitative estimate of drug-likeness (QED) is 0.680. The van der Waals surface area contributed by atoms with E-state index in [0.29, 0.717) is 5.69 Å². The topological polar surface area (TPSA) is 116 Å². The third-order valence-corrected chi connectivity index (χ3v) is 1.94. The van der Waals surface area contributed by atoms with Crippen molar-refractivity contribution in [3.8, 4) is 0 Å². The van der Waals surface area contributed by atoms with Crippen LogP contribution in [-0.2, 0) is 8.62 Å². The van der Waals surface area contributed by atoms with Gasteiger partial charge in [-0.1, -0.05) is 0 Å². The number of carbonyl (C=O) groups excluding carboxylic acids is 1. The van der Waals surface area contributed by atoms with E-state index in [1.165, 1.54) is 0 Å². The van der Waals surface area contributed by atoms with Crippen LogP contribution in [0.2, 0.25) is 0 Å². The molecule has 0 saturated carbocycles. The highest BCUT2D eigenvalue weighted by Gasteiger charge is 2.13. The first-order valence-electron chi connectivity index (χ1n) is 4.47. The average Bonchev–Trinajstić information content (AvgIpc) is 2.21. The van der Waals surface area contributed by atoms with Crippen molar-refractivity contribution < 1.29 is 18.5 Å². The van der Waals surface area contributed by atoms with E-state index >= 15 is 0 Å². The minimum atomic E-state index is -0.833. The van der Waals surface area contributed by atoms with E-state index in [4.69, 9.17) is 21.4 Å². The SMILES string of the molecule is CC(=O)O.Cc1cc(N)c(N)c(C(=O)OBr)c1. The molecule has 0 saturated heterocycles. The van der Waals surface area contributed by atoms with Gasteiger partial charge in [0, 0.05) is 6.92 Å². The van der Waals surface area contributed by atoms with Gasteiger partial charge in [0.25, 0.3) is 5.97 Å². The van der Waals surface area contributed by atoms with Crippen molar-refractivity contribution >= 4 is 39.6 Å². The molecule has 94 valence electrons. The second-order valence-electron chi connectivity index (χ2n) is 3.20. The molecule has 1 rings (SSSR count). The summed E-state index contributed by atoms with van der Waals surface area (Å²) < 4.78 is 4.37. The maximum Gasteiger partial charge on any atom is 0.351 e. The van der Waals surface area contributed by atoms with Gasteiger partial charge in [0.2, 0.25) is 0 Å². The van der Waals surface area contributed by atoms with E-state index in [9.17, 15) is 4.79 Å². The summed E-state index contributed by atoms with van der Waals surface area (Å²) in [7, 11) is 0. The lowest BCUT2D eigenvalue weighted by Crippen LogP contribution is -2.06. The number of nitrogen functional groups attached to an aromatic ring is 2. The number of aliphatic carboxylic acids is 1. The monoisotopic (exact) mass is 304 g/mol. The number of anilines is 2. The van der Waals surface area contributed by atoms with Crippen molar-refractivity contribution in [1.29, 1.82) is 0 Å². The van der Waals surface area contributed by atoms with Crippen LogP contribution >= 0.6 is 16.3 Å². The van der Waals surface area contributed by atoms with Gasteiger partial charge in [0.05, 0.1) is 16.9 Å². The average molecular weight is 305 g/mol. The second kappa shape index (κ2) is 6.74. The fourth-order valence-electron chi connectivity index (χ4n) is 1.04. The van der Waals surface area contributed by atoms with Crippen LogP contribution in [0.3, 0.4) is 0 Å². The number of nitrogens with two attached hydrogens (primary N) is 2. The Kier molecular flexibility index (Phi) is 6.05. The Morgan fingerprint density at radius 1 is 1.35 bits per heavy atom. The third kappa shape index (κ3) is 5.21. The van der Waals surface area contributed by atoms with E-state index in [2.05, 4.69) is 20.1 Å². The summed E-state index contributed by atoms with van der Waals surface area (Å²) in [6.07, 6.45) is 0. The standard InChI is InChI=1S/C8H9BrN2O2.C2H4O2/c1-4-2-5(8(12)13-9)7(11)6(10)3-4;1-2(3)4/h2-3H,10-11H2,1H3;1H3,(H,3,4). The minimum absolute atomic E-state index is 0.245. The molecule has 5 N–H and O–H groups in total. The molecule has 0 unspecified atom stereocenters. The van der Waals surface area contributed by atoms with Crippen molar-refractivity contribution in [3.63, 3.8) is 0 Å². The van der Waals surface area contributed by atoms with E-state index in [1.54, 1.807) is 12.1 Å². The summed E-state index contributed by atoms with van der Waals surface area (Å²) in [6.45, 7) is 2.90. The minimum Gasteiger partial charge on any atom is -0.481 e. The number of carbonyl (C=O) groups is 2. The zero-order valence-electron chi connectivity index (χ0n) is 9.36. The second-order valence-corrected chi connectivity index (χ2v) is 3.52. The van der Waals surface area contributed by atoms with Gasteiger partial charge in [-0.15, -0.1) is 0 Å². The van der Waals surface area contributed by atoms with Crippen molar-refractivity contribution in [1.82, 2.24) is 0 Å². The van der Waals surface area contributed by atoms with Crippen molar-refractivity contribution in [2.24, 2.45) is 0 Å². The van der Waals surface area contributed by atoms with Gasteiger partial charge in [0.15, 0.2) is 16.3 Å². The van der Waals surface area contributed by atoms with E-state index in [0.717, 1.165) is 12.5 Å². The maximum absolute atomic E-state index is 11.1. The molecule has 7 heteroatoms. The number of rotatable bonds is 1. The Balaban J connectivity index is 0.000000557. The number of halogens is 1. The molecule has 0 radical (unpaired) electrons. The van der Waals surface area contributed by atoms with Gasteiger partial charge < -0.3 is 20.4 Å². The summed E-state index contributed by atoms with van der Waals surface area (Å²) in [5.41, 5.74) is 12.9. The number of aryl methyl sites for hydroxylation is 1. The summed E-state index contributed by atoms with van der Waals surface area (Å²) in [4.78, 5) is 20.1. The molecule has 17 heavy (non-hydrogen) atoms. The molecular formula is C10H13BrN2O4. The highest BCUT2D eigenvalue weighted by molar-refractivity contribution is 9.06. The molecule has 0 aromatic heterocycles. The molecule has 0 aliphatic rings. The number of hydrogen-bond donors (Lipinski definition) is 3. The Hall–Kier alpha value is -1.76. The van der Waals surface area contributed by atoms with Crippen LogP contribution in [0.4, 0.5) is 11.4 Å². The predicted octanol–water partition coefficient (Wildman–Crippen LogP) is 1.72. The molecule has 6 nitrogen and oxygen atoms in total. The van der Waals surface area contributed by atoms with Crippen molar-refractivity contribution in [2.75, 3.05) is 11.5 Å². The Morgan fingerprint density at radius 3 is 2.24 bits per heavy atom. The molecule has 1 aromatic rings. The Bertz CT molecular complexity index is 431. The van der Waals surface area contributed by atoms with Gasteiger partial charge in [-0.25, -0.2) is 4.79 Å². The third-order valence-electron chi connectivity index (χ3n) is 1.65. The fraction of sp³-hybridized carbons (Fsp3) is 0.200. The zero-order chi connectivity index (χ0) is 13.6. The number of carboxylic acid groups (broad SMARTS) is 1. The van der Waals surface area contributed by atoms with E-state index in [-0.39, 0.29) is 11.3 Å². The van der Waals surface area contributed by atoms with Crippen LogP contribution < -0.4 is 11.5 Å². The van der Waals surface area contributed by atoms with Crippen LogP contribution in [0.25, 0.3) is 0 Å². The molecule has 0 aliphatic heterocycles. The highest BCUT2D eigenvalue weighted by atomic mass is 79.9. The Labute approximate surface area is 107 Å². The summed E-state index contributed by atoms with van der Waals surface area (Å²) >= 11 is 2.59. The number of hydrogen-bond acceptors (Lipinski definition) is 5. The largest absolute Gasteiger partial charge is 0.481 e. The van der Waals surface area contributed by atoms with Crippen molar-refractivity contribution in [2.45, 2.75) is 13.8 Å². The van der Waals surface area contributed by atoms with Gasteiger partial charge in [-0.3, -0.25) is 4.79 Å². The number of carboxylic acids is 1. The molecule has 1 aromatic carbocycles. The van der Waals surface area contributed by atoms with Crippen molar-refractivity contribution in [3.05, 3.63) is 23.3 Å². The van der Waals surface area contributed by atoms with Gasteiger partial charge in [-0.2, -0.15) is 0 Å². The predicted molar refractivity (Wildman–Crippen MR) is 67.7 cm³/mol. The zero-order valence-corrected chi connectivity index (χ0v) is 10.9. The summed E-state index contributed by atoms with van der Waals surface area (Å²) in [6, 6.07) is 3.32. The van der Waals surface area contributed by atoms with Crippen LogP contribution in [0.5, 0.6) is 0 Å². The lowest BCUT2D eigenvalue weighted by Gasteiger charge is -2.06. The van der Waals surface area contributed by atoms with Gasteiger partial charge in [-0.05, 0) is 24.6 Å². The van der Waals surface area contributed by atoms with Crippen LogP contribution in [0.15, 0.2) is 12.1 Å². The molecule has 0 atom stereocenters. The smallest absolute Gasteiger partial charge is 0.351 e. The molecule has 0 spiro atoms. The molecule has 0 bridgehead atoms. The molecule has 0 fully saturated rings. The summed E-state index contributed by atoms with van der Waals surface area (Å²) in [5.74, 6) is -1.38. The first-order chi connectivity index (χ1) is 7.79. The van der Waals surface area contributed by atoms with Gasteiger partial charge in [0.1, 0.15) is 0 Å². The Morgan fingerprint density at radius 2 is 1.82 bits per heavy atom.